The number of hydrogen-bond donors (Lipinski definition) is 1. The summed E-state index contributed by atoms with van der Waals surface area (Å²) in [4.78, 5) is 0. The Balaban J connectivity index is 2.63. The molecule has 0 bridgehead atoms. The molecule has 0 heterocycles. The predicted octanol–water partition coefficient (Wildman–Crippen LogP) is 3.93. The van der Waals surface area contributed by atoms with Crippen LogP contribution < -0.4 is 5.32 Å². The summed E-state index contributed by atoms with van der Waals surface area (Å²) in [5.41, 5.74) is 1.27. The maximum absolute atomic E-state index is 6.02. The predicted molar refractivity (Wildman–Crippen MR) is 87.1 cm³/mol. The van der Waals surface area contributed by atoms with Gasteiger partial charge in [0.25, 0.3) is 0 Å². The molecule has 0 saturated heterocycles. The van der Waals surface area contributed by atoms with E-state index in [0.29, 0.717) is 6.61 Å². The quantitative estimate of drug-likeness (QED) is 0.725. The Morgan fingerprint density at radius 3 is 2.60 bits per heavy atom. The van der Waals surface area contributed by atoms with Gasteiger partial charge in [-0.05, 0) is 44.9 Å². The van der Waals surface area contributed by atoms with E-state index in [4.69, 9.17) is 9.47 Å². The third-order valence-corrected chi connectivity index (χ3v) is 3.34. The minimum absolute atomic E-state index is 0.0589. The van der Waals surface area contributed by atoms with Crippen molar-refractivity contribution in [2.45, 2.75) is 38.8 Å². The van der Waals surface area contributed by atoms with E-state index in [1.54, 1.807) is 7.11 Å². The summed E-state index contributed by atoms with van der Waals surface area (Å²) >= 11 is 3.52. The highest BCUT2D eigenvalue weighted by Gasteiger charge is 2.16. The molecule has 0 amide bonds. The van der Waals surface area contributed by atoms with E-state index in [1.165, 1.54) is 5.56 Å². The molecule has 0 saturated carbocycles. The number of halogens is 1. The van der Waals surface area contributed by atoms with Crippen molar-refractivity contribution in [2.75, 3.05) is 26.9 Å². The van der Waals surface area contributed by atoms with Gasteiger partial charge in [-0.3, -0.25) is 0 Å². The first-order valence-electron chi connectivity index (χ1n) is 7.03. The molecule has 0 aliphatic rings. The van der Waals surface area contributed by atoms with E-state index < -0.39 is 0 Å². The summed E-state index contributed by atoms with van der Waals surface area (Å²) < 4.78 is 12.2. The molecule has 0 spiro atoms. The minimum Gasteiger partial charge on any atom is -0.385 e. The summed E-state index contributed by atoms with van der Waals surface area (Å²) in [6, 6.07) is 8.30. The lowest BCUT2D eigenvalue weighted by Gasteiger charge is -2.26. The molecule has 0 aliphatic carbocycles. The Bertz CT molecular complexity index is 390. The zero-order chi connectivity index (χ0) is 15.0. The van der Waals surface area contributed by atoms with E-state index >= 15 is 0 Å². The van der Waals surface area contributed by atoms with Gasteiger partial charge >= 0.3 is 0 Å². The number of methoxy groups -OCH3 is 1. The maximum Gasteiger partial charge on any atom is 0.0949 e. The fourth-order valence-electron chi connectivity index (χ4n) is 1.81. The lowest BCUT2D eigenvalue weighted by Crippen LogP contribution is -2.39. The molecule has 1 aromatic rings. The molecular weight excluding hydrogens is 318 g/mol. The van der Waals surface area contributed by atoms with Crippen LogP contribution in [0.2, 0.25) is 0 Å². The summed E-state index contributed by atoms with van der Waals surface area (Å²) in [6.45, 7) is 8.73. The number of benzene rings is 1. The van der Waals surface area contributed by atoms with E-state index in [1.807, 2.05) is 12.1 Å². The summed E-state index contributed by atoms with van der Waals surface area (Å²) in [5.74, 6) is 0. The minimum atomic E-state index is 0.0589. The number of nitrogens with one attached hydrogen (secondary N) is 1. The Morgan fingerprint density at radius 1 is 1.25 bits per heavy atom. The van der Waals surface area contributed by atoms with Gasteiger partial charge in [0.1, 0.15) is 0 Å². The monoisotopic (exact) mass is 343 g/mol. The first-order chi connectivity index (χ1) is 9.42. The van der Waals surface area contributed by atoms with Crippen molar-refractivity contribution < 1.29 is 9.47 Å². The highest BCUT2D eigenvalue weighted by Crippen LogP contribution is 2.21. The zero-order valence-corrected chi connectivity index (χ0v) is 14.5. The molecule has 4 heteroatoms. The fraction of sp³-hybridized carbons (Fsp3) is 0.625. The first kappa shape index (κ1) is 17.6. The van der Waals surface area contributed by atoms with Crippen LogP contribution in [0.25, 0.3) is 0 Å². The van der Waals surface area contributed by atoms with Crippen LogP contribution in [0.1, 0.15) is 38.9 Å². The number of rotatable bonds is 8. The van der Waals surface area contributed by atoms with Crippen molar-refractivity contribution >= 4 is 15.9 Å². The second-order valence-corrected chi connectivity index (χ2v) is 6.81. The highest BCUT2D eigenvalue weighted by atomic mass is 79.9. The van der Waals surface area contributed by atoms with Gasteiger partial charge in [0.15, 0.2) is 0 Å². The van der Waals surface area contributed by atoms with Crippen LogP contribution in [0.4, 0.5) is 0 Å². The van der Waals surface area contributed by atoms with Gasteiger partial charge in [-0.15, -0.1) is 0 Å². The second-order valence-electron chi connectivity index (χ2n) is 5.89. The average Bonchev–Trinajstić information content (AvgIpc) is 2.36. The van der Waals surface area contributed by atoms with Crippen LogP contribution in [-0.2, 0) is 9.47 Å². The molecule has 1 N–H and O–H groups in total. The van der Waals surface area contributed by atoms with Gasteiger partial charge < -0.3 is 14.8 Å². The molecule has 1 atom stereocenters. The molecule has 20 heavy (non-hydrogen) atoms. The Morgan fingerprint density at radius 2 is 2.00 bits per heavy atom. The Hall–Kier alpha value is -0.420. The molecule has 0 aliphatic heterocycles. The van der Waals surface area contributed by atoms with Crippen LogP contribution in [-0.4, -0.2) is 32.4 Å². The Kier molecular flexibility index (Phi) is 7.74. The van der Waals surface area contributed by atoms with Crippen LogP contribution in [0.5, 0.6) is 0 Å². The molecule has 1 rings (SSSR count). The van der Waals surface area contributed by atoms with Crippen molar-refractivity contribution in [3.05, 3.63) is 34.3 Å². The average molecular weight is 344 g/mol. The highest BCUT2D eigenvalue weighted by molar-refractivity contribution is 9.10. The molecule has 1 aromatic carbocycles. The van der Waals surface area contributed by atoms with Crippen LogP contribution >= 0.6 is 15.9 Å². The van der Waals surface area contributed by atoms with Gasteiger partial charge in [0.2, 0.25) is 0 Å². The third-order valence-electron chi connectivity index (χ3n) is 2.85. The molecule has 114 valence electrons. The maximum atomic E-state index is 6.02. The topological polar surface area (TPSA) is 30.5 Å². The Labute approximate surface area is 131 Å². The van der Waals surface area contributed by atoms with Gasteiger partial charge in [0, 0.05) is 36.9 Å². The fourth-order valence-corrected chi connectivity index (χ4v) is 2.22. The lowest BCUT2D eigenvalue weighted by atomic mass is 10.1. The molecule has 0 fully saturated rings. The largest absolute Gasteiger partial charge is 0.385 e. The van der Waals surface area contributed by atoms with Crippen molar-refractivity contribution in [1.82, 2.24) is 5.32 Å². The molecule has 0 radical (unpaired) electrons. The van der Waals surface area contributed by atoms with Gasteiger partial charge in [-0.2, -0.15) is 0 Å². The van der Waals surface area contributed by atoms with Gasteiger partial charge in [-0.1, -0.05) is 28.1 Å². The van der Waals surface area contributed by atoms with Crippen LogP contribution in [0.15, 0.2) is 28.7 Å². The third kappa shape index (κ3) is 7.39. The zero-order valence-electron chi connectivity index (χ0n) is 12.9. The molecule has 0 aromatic heterocycles. The van der Waals surface area contributed by atoms with Gasteiger partial charge in [-0.25, -0.2) is 0 Å². The van der Waals surface area contributed by atoms with Gasteiger partial charge in [0.05, 0.1) is 6.10 Å². The first-order valence-corrected chi connectivity index (χ1v) is 7.83. The van der Waals surface area contributed by atoms with E-state index in [0.717, 1.165) is 24.0 Å². The molecule has 3 nitrogen and oxygen atoms in total. The van der Waals surface area contributed by atoms with Crippen molar-refractivity contribution in [3.63, 3.8) is 0 Å². The molecule has 1 unspecified atom stereocenters. The number of hydrogen-bond acceptors (Lipinski definition) is 3. The van der Waals surface area contributed by atoms with Crippen LogP contribution in [0, 0.1) is 0 Å². The van der Waals surface area contributed by atoms with Crippen molar-refractivity contribution in [1.29, 1.82) is 0 Å². The smallest absolute Gasteiger partial charge is 0.0949 e. The standard InChI is InChI=1S/C16H26BrNO2/c1-16(2,3)18-12-15(20-10-6-9-19-4)13-7-5-8-14(17)11-13/h5,7-8,11,15,18H,6,9-10,12H2,1-4H3. The van der Waals surface area contributed by atoms with Crippen molar-refractivity contribution in [2.24, 2.45) is 0 Å². The van der Waals surface area contributed by atoms with Crippen LogP contribution in [0.3, 0.4) is 0 Å². The SMILES string of the molecule is COCCCOC(CNC(C)(C)C)c1cccc(Br)c1. The summed E-state index contributed by atoms with van der Waals surface area (Å²) in [6.07, 6.45) is 0.972. The van der Waals surface area contributed by atoms with E-state index in [9.17, 15) is 0 Å². The van der Waals surface area contributed by atoms with Crippen molar-refractivity contribution in [3.8, 4) is 0 Å². The van der Waals surface area contributed by atoms with E-state index in [2.05, 4.69) is 54.2 Å². The summed E-state index contributed by atoms with van der Waals surface area (Å²) in [7, 11) is 1.72. The summed E-state index contributed by atoms with van der Waals surface area (Å²) in [5, 5.41) is 3.51. The lowest BCUT2D eigenvalue weighted by molar-refractivity contribution is 0.0353. The molecular formula is C16H26BrNO2. The number of ether oxygens (including phenoxy) is 2. The van der Waals surface area contributed by atoms with E-state index in [-0.39, 0.29) is 11.6 Å². The normalized spacial score (nSPS) is 13.4. The second kappa shape index (κ2) is 8.78.